The van der Waals surface area contributed by atoms with Crippen molar-refractivity contribution in [3.63, 3.8) is 0 Å². The molecule has 3 heterocycles. The van der Waals surface area contributed by atoms with Crippen molar-refractivity contribution in [2.75, 3.05) is 26.2 Å². The van der Waals surface area contributed by atoms with Gasteiger partial charge in [-0.2, -0.15) is 0 Å². The van der Waals surface area contributed by atoms with Gasteiger partial charge in [-0.1, -0.05) is 18.2 Å². The van der Waals surface area contributed by atoms with Crippen LogP contribution in [0.5, 0.6) is 0 Å². The second-order valence-corrected chi connectivity index (χ2v) is 9.86. The van der Waals surface area contributed by atoms with Crippen molar-refractivity contribution in [1.82, 2.24) is 19.8 Å². The number of carbonyl (C=O) groups excluding carboxylic acids is 1. The van der Waals surface area contributed by atoms with Crippen molar-refractivity contribution in [3.8, 4) is 0 Å². The largest absolute Gasteiger partial charge is 0.393 e. The van der Waals surface area contributed by atoms with E-state index in [9.17, 15) is 9.90 Å². The van der Waals surface area contributed by atoms with Gasteiger partial charge in [0, 0.05) is 43.5 Å². The molecule has 2 saturated heterocycles. The molecule has 0 bridgehead atoms. The number of piperidine rings is 2. The summed E-state index contributed by atoms with van der Waals surface area (Å²) in [6.07, 6.45) is 8.00. The normalized spacial score (nSPS) is 18.6. The lowest BCUT2D eigenvalue weighted by molar-refractivity contribution is 0.0355. The molecule has 2 aromatic rings. The number of hydrogen-bond donors (Lipinski definition) is 1. The molecule has 0 unspecified atom stereocenters. The van der Waals surface area contributed by atoms with Crippen molar-refractivity contribution < 1.29 is 9.90 Å². The fraction of sp³-hybridized carbons (Fsp3) is 0.593. The van der Waals surface area contributed by atoms with Crippen LogP contribution in [-0.2, 0) is 12.8 Å². The fourth-order valence-electron chi connectivity index (χ4n) is 5.21. The Morgan fingerprint density at radius 3 is 2.39 bits per heavy atom. The van der Waals surface area contributed by atoms with E-state index in [4.69, 9.17) is 0 Å². The molecule has 2 aliphatic rings. The summed E-state index contributed by atoms with van der Waals surface area (Å²) in [5.74, 6) is 0.0397. The van der Waals surface area contributed by atoms with Crippen LogP contribution in [0.4, 0.5) is 0 Å². The zero-order valence-electron chi connectivity index (χ0n) is 20.4. The van der Waals surface area contributed by atoms with E-state index in [-0.39, 0.29) is 12.0 Å². The number of nitrogens with zero attached hydrogens (tertiary/aromatic N) is 4. The SMILES string of the molecule is Cc1ccc(CCCc2ncnc(C(=O)N3CCC(N4CCC(O)CC4)CC3)c2C)cc1C. The van der Waals surface area contributed by atoms with E-state index in [2.05, 4.69) is 46.9 Å². The van der Waals surface area contributed by atoms with Gasteiger partial charge in [-0.3, -0.25) is 4.79 Å². The Morgan fingerprint density at radius 1 is 0.970 bits per heavy atom. The molecule has 6 nitrogen and oxygen atoms in total. The molecular formula is C27H38N4O2. The maximum atomic E-state index is 13.3. The van der Waals surface area contributed by atoms with Crippen LogP contribution in [0.15, 0.2) is 24.5 Å². The standard InChI is InChI=1S/C27H38N4O2/c1-19-7-8-22(17-20(19)2)5-4-6-25-21(3)26(29-18-28-25)27(33)31-13-9-23(10-14-31)30-15-11-24(32)12-16-30/h7-8,17-18,23-24,32H,4-6,9-16H2,1-3H3. The third-order valence-corrected chi connectivity index (χ3v) is 7.61. The van der Waals surface area contributed by atoms with Crippen LogP contribution in [0.2, 0.25) is 0 Å². The average Bonchev–Trinajstić information content (AvgIpc) is 2.83. The fourth-order valence-corrected chi connectivity index (χ4v) is 5.21. The number of aliphatic hydroxyl groups is 1. The maximum absolute atomic E-state index is 13.3. The molecule has 6 heteroatoms. The van der Waals surface area contributed by atoms with Crippen LogP contribution in [0.3, 0.4) is 0 Å². The van der Waals surface area contributed by atoms with Crippen LogP contribution in [0, 0.1) is 20.8 Å². The molecule has 178 valence electrons. The molecule has 4 rings (SSSR count). The second kappa shape index (κ2) is 10.7. The van der Waals surface area contributed by atoms with Crippen LogP contribution in [0.25, 0.3) is 0 Å². The highest BCUT2D eigenvalue weighted by molar-refractivity contribution is 5.93. The summed E-state index contributed by atoms with van der Waals surface area (Å²) in [5.41, 5.74) is 6.49. The number of aromatic nitrogens is 2. The summed E-state index contributed by atoms with van der Waals surface area (Å²) in [5, 5.41) is 9.76. The molecule has 0 saturated carbocycles. The molecule has 33 heavy (non-hydrogen) atoms. The highest BCUT2D eigenvalue weighted by Gasteiger charge is 2.30. The van der Waals surface area contributed by atoms with Gasteiger partial charge in [0.25, 0.3) is 5.91 Å². The van der Waals surface area contributed by atoms with Gasteiger partial charge in [0.1, 0.15) is 12.0 Å². The predicted molar refractivity (Wildman–Crippen MR) is 130 cm³/mol. The van der Waals surface area contributed by atoms with Gasteiger partial charge < -0.3 is 14.9 Å². The first-order valence-electron chi connectivity index (χ1n) is 12.5. The van der Waals surface area contributed by atoms with E-state index in [1.807, 2.05) is 11.8 Å². The van der Waals surface area contributed by atoms with Gasteiger partial charge in [-0.05, 0) is 82.4 Å². The van der Waals surface area contributed by atoms with Crippen molar-refractivity contribution in [3.05, 3.63) is 58.2 Å². The number of benzene rings is 1. The molecule has 1 aromatic heterocycles. The third-order valence-electron chi connectivity index (χ3n) is 7.61. The minimum absolute atomic E-state index is 0.0397. The summed E-state index contributed by atoms with van der Waals surface area (Å²) in [6, 6.07) is 7.19. The maximum Gasteiger partial charge on any atom is 0.272 e. The van der Waals surface area contributed by atoms with E-state index < -0.39 is 0 Å². The van der Waals surface area contributed by atoms with Crippen molar-refractivity contribution >= 4 is 5.91 Å². The third kappa shape index (κ3) is 5.79. The molecule has 1 N–H and O–H groups in total. The molecule has 1 aromatic carbocycles. The molecule has 0 atom stereocenters. The molecule has 2 aliphatic heterocycles. The Morgan fingerprint density at radius 2 is 1.70 bits per heavy atom. The van der Waals surface area contributed by atoms with Gasteiger partial charge >= 0.3 is 0 Å². The smallest absolute Gasteiger partial charge is 0.272 e. The van der Waals surface area contributed by atoms with Crippen LogP contribution < -0.4 is 0 Å². The molecule has 0 spiro atoms. The van der Waals surface area contributed by atoms with E-state index in [0.717, 1.165) is 82.4 Å². The lowest BCUT2D eigenvalue weighted by atomic mass is 9.98. The Bertz CT molecular complexity index is 961. The first-order valence-corrected chi connectivity index (χ1v) is 12.5. The number of rotatable bonds is 6. The summed E-state index contributed by atoms with van der Waals surface area (Å²) in [6.45, 7) is 9.77. The monoisotopic (exact) mass is 450 g/mol. The molecular weight excluding hydrogens is 412 g/mol. The highest BCUT2D eigenvalue weighted by atomic mass is 16.3. The van der Waals surface area contributed by atoms with Crippen LogP contribution in [-0.4, -0.2) is 69.1 Å². The van der Waals surface area contributed by atoms with Gasteiger partial charge in [0.15, 0.2) is 0 Å². The summed E-state index contributed by atoms with van der Waals surface area (Å²) in [4.78, 5) is 26.6. The minimum Gasteiger partial charge on any atom is -0.393 e. The first-order chi connectivity index (χ1) is 15.9. The minimum atomic E-state index is -0.140. The van der Waals surface area contributed by atoms with E-state index in [1.165, 1.54) is 16.7 Å². The van der Waals surface area contributed by atoms with Crippen molar-refractivity contribution in [1.29, 1.82) is 0 Å². The molecule has 1 amide bonds. The Balaban J connectivity index is 1.32. The highest BCUT2D eigenvalue weighted by Crippen LogP contribution is 2.23. The number of aryl methyl sites for hydroxylation is 4. The van der Waals surface area contributed by atoms with Crippen LogP contribution in [0.1, 0.15) is 70.5 Å². The second-order valence-electron chi connectivity index (χ2n) is 9.86. The number of hydrogen-bond acceptors (Lipinski definition) is 5. The van der Waals surface area contributed by atoms with Crippen molar-refractivity contribution in [2.45, 2.75) is 77.9 Å². The van der Waals surface area contributed by atoms with Gasteiger partial charge in [0.05, 0.1) is 6.10 Å². The van der Waals surface area contributed by atoms with E-state index in [1.54, 1.807) is 6.33 Å². The number of aliphatic hydroxyl groups excluding tert-OH is 1. The zero-order valence-corrected chi connectivity index (χ0v) is 20.4. The summed E-state index contributed by atoms with van der Waals surface area (Å²) < 4.78 is 0. The molecule has 0 radical (unpaired) electrons. The Labute approximate surface area is 198 Å². The van der Waals surface area contributed by atoms with Crippen LogP contribution >= 0.6 is 0 Å². The van der Waals surface area contributed by atoms with E-state index >= 15 is 0 Å². The van der Waals surface area contributed by atoms with Gasteiger partial charge in [-0.25, -0.2) is 9.97 Å². The van der Waals surface area contributed by atoms with Gasteiger partial charge in [0.2, 0.25) is 0 Å². The van der Waals surface area contributed by atoms with Crippen molar-refractivity contribution in [2.24, 2.45) is 0 Å². The lowest BCUT2D eigenvalue weighted by Gasteiger charge is -2.41. The lowest BCUT2D eigenvalue weighted by Crippen LogP contribution is -2.49. The van der Waals surface area contributed by atoms with Gasteiger partial charge in [-0.15, -0.1) is 0 Å². The zero-order chi connectivity index (χ0) is 23.4. The summed E-state index contributed by atoms with van der Waals surface area (Å²) in [7, 11) is 0. The number of amides is 1. The quantitative estimate of drug-likeness (QED) is 0.728. The Hall–Kier alpha value is -2.31. The topological polar surface area (TPSA) is 69.6 Å². The van der Waals surface area contributed by atoms with E-state index in [0.29, 0.717) is 11.7 Å². The number of carbonyl (C=O) groups is 1. The molecule has 0 aliphatic carbocycles. The first kappa shape index (κ1) is 23.8. The molecule has 2 fully saturated rings. The Kier molecular flexibility index (Phi) is 7.76. The average molecular weight is 451 g/mol. The number of likely N-dealkylation sites (tertiary alicyclic amines) is 2. The predicted octanol–water partition coefficient (Wildman–Crippen LogP) is 3.64. The summed E-state index contributed by atoms with van der Waals surface area (Å²) >= 11 is 0.